The van der Waals surface area contributed by atoms with E-state index < -0.39 is 5.91 Å². The highest BCUT2D eigenvalue weighted by molar-refractivity contribution is 9.12. The van der Waals surface area contributed by atoms with Crippen LogP contribution in [0.5, 0.6) is 0 Å². The van der Waals surface area contributed by atoms with E-state index in [0.717, 1.165) is 0 Å². The predicted octanol–water partition coefficient (Wildman–Crippen LogP) is 3.94. The molecule has 1 N–H and O–H groups in total. The Morgan fingerprint density at radius 1 is 1.27 bits per heavy atom. The maximum absolute atomic E-state index is 11.1. The third-order valence-electron chi connectivity index (χ3n) is 1.41. The highest BCUT2D eigenvalue weighted by Gasteiger charge is 2.09. The van der Waals surface area contributed by atoms with Crippen LogP contribution in [-0.2, 0) is 4.79 Å². The molecule has 1 amide bonds. The number of hydrogen-bond donors (Lipinski definition) is 1. The molecule has 0 spiro atoms. The summed E-state index contributed by atoms with van der Waals surface area (Å²) < 4.78 is 0. The van der Waals surface area contributed by atoms with Gasteiger partial charge in [-0.2, -0.15) is 0 Å². The molecule has 1 rings (SSSR count). The monoisotopic (exact) mass is 325 g/mol. The highest BCUT2D eigenvalue weighted by atomic mass is 79.9. The normalized spacial score (nSPS) is 9.07. The van der Waals surface area contributed by atoms with Gasteiger partial charge in [-0.25, -0.2) is 0 Å². The Hall–Kier alpha value is -0.400. The molecule has 15 heavy (non-hydrogen) atoms. The van der Waals surface area contributed by atoms with Crippen molar-refractivity contribution in [3.05, 3.63) is 27.2 Å². The molecular formula is C9H3BrCl3NO. The summed E-state index contributed by atoms with van der Waals surface area (Å²) in [6.45, 7) is 0. The summed E-state index contributed by atoms with van der Waals surface area (Å²) in [6.07, 6.45) is 0. The van der Waals surface area contributed by atoms with Crippen molar-refractivity contribution in [2.75, 3.05) is 5.32 Å². The summed E-state index contributed by atoms with van der Waals surface area (Å²) in [4.78, 5) is 13.4. The number of anilines is 1. The van der Waals surface area contributed by atoms with Crippen molar-refractivity contribution in [1.29, 1.82) is 0 Å². The summed E-state index contributed by atoms with van der Waals surface area (Å²) in [5.41, 5.74) is 0.294. The van der Waals surface area contributed by atoms with Gasteiger partial charge in [0.05, 0.1) is 15.7 Å². The van der Waals surface area contributed by atoms with Crippen molar-refractivity contribution in [2.24, 2.45) is 0 Å². The second-order valence-electron chi connectivity index (χ2n) is 2.42. The van der Waals surface area contributed by atoms with Gasteiger partial charge in [-0.3, -0.25) is 4.79 Å². The van der Waals surface area contributed by atoms with Gasteiger partial charge in [0.25, 0.3) is 0 Å². The van der Waals surface area contributed by atoms with Crippen LogP contribution in [0.1, 0.15) is 0 Å². The maximum atomic E-state index is 11.1. The summed E-state index contributed by atoms with van der Waals surface area (Å²) >= 11 is 20.2. The second kappa shape index (κ2) is 5.62. The minimum atomic E-state index is -0.516. The van der Waals surface area contributed by atoms with E-state index in [0.29, 0.717) is 10.7 Å². The third-order valence-corrected chi connectivity index (χ3v) is 2.42. The molecule has 0 bridgehead atoms. The van der Waals surface area contributed by atoms with Crippen LogP contribution < -0.4 is 5.32 Å². The zero-order chi connectivity index (χ0) is 11.4. The largest absolute Gasteiger partial charge is 0.312 e. The molecule has 0 aliphatic rings. The number of carbonyl (C=O) groups excluding carboxylic acids is 1. The highest BCUT2D eigenvalue weighted by Crippen LogP contribution is 2.33. The van der Waals surface area contributed by atoms with Gasteiger partial charge in [-0.15, -0.1) is 0 Å². The van der Waals surface area contributed by atoms with Gasteiger partial charge >= 0.3 is 5.91 Å². The smallest absolute Gasteiger partial charge is 0.301 e. The molecule has 0 aliphatic carbocycles. The lowest BCUT2D eigenvalue weighted by Crippen LogP contribution is -2.09. The topological polar surface area (TPSA) is 29.1 Å². The quantitative estimate of drug-likeness (QED) is 0.778. The van der Waals surface area contributed by atoms with Crippen molar-refractivity contribution in [3.8, 4) is 10.8 Å². The van der Waals surface area contributed by atoms with Gasteiger partial charge in [-0.05, 0) is 17.0 Å². The maximum Gasteiger partial charge on any atom is 0.301 e. The fraction of sp³-hybridized carbons (Fsp3) is 0. The summed E-state index contributed by atoms with van der Waals surface area (Å²) in [5, 5.41) is 3.36. The van der Waals surface area contributed by atoms with Crippen LogP contribution in [0.2, 0.25) is 15.1 Å². The molecule has 1 aromatic rings. The zero-order valence-electron chi connectivity index (χ0n) is 7.07. The van der Waals surface area contributed by atoms with E-state index in [1.54, 1.807) is 0 Å². The molecule has 0 aromatic heterocycles. The number of halogens is 4. The van der Waals surface area contributed by atoms with E-state index in [-0.39, 0.29) is 10.0 Å². The van der Waals surface area contributed by atoms with Gasteiger partial charge in [0, 0.05) is 26.9 Å². The van der Waals surface area contributed by atoms with Gasteiger partial charge < -0.3 is 5.32 Å². The van der Waals surface area contributed by atoms with Crippen molar-refractivity contribution in [3.63, 3.8) is 0 Å². The fourth-order valence-electron chi connectivity index (χ4n) is 0.849. The van der Waals surface area contributed by atoms with Crippen LogP contribution in [0, 0.1) is 10.8 Å². The lowest BCUT2D eigenvalue weighted by Gasteiger charge is -2.06. The molecule has 0 heterocycles. The van der Waals surface area contributed by atoms with Crippen LogP contribution in [0.4, 0.5) is 5.69 Å². The number of nitrogens with one attached hydrogen (secondary N) is 1. The number of amides is 1. The van der Waals surface area contributed by atoms with E-state index in [2.05, 4.69) is 32.0 Å². The minimum Gasteiger partial charge on any atom is -0.312 e. The Bertz CT molecular complexity index is 441. The summed E-state index contributed by atoms with van der Waals surface area (Å²) in [6, 6.07) is 2.96. The van der Waals surface area contributed by atoms with Gasteiger partial charge in [0.15, 0.2) is 0 Å². The SMILES string of the molecule is O=C(C#CBr)Nc1c(Cl)cc(Cl)cc1Cl. The second-order valence-corrected chi connectivity index (χ2v) is 4.07. The summed E-state index contributed by atoms with van der Waals surface area (Å²) in [7, 11) is 0. The number of hydrogen-bond acceptors (Lipinski definition) is 1. The van der Waals surface area contributed by atoms with Crippen molar-refractivity contribution in [2.45, 2.75) is 0 Å². The Balaban J connectivity index is 3.03. The zero-order valence-corrected chi connectivity index (χ0v) is 10.9. The van der Waals surface area contributed by atoms with Crippen LogP contribution >= 0.6 is 50.7 Å². The third kappa shape index (κ3) is 3.58. The average molecular weight is 327 g/mol. The Morgan fingerprint density at radius 3 is 2.27 bits per heavy atom. The first kappa shape index (κ1) is 12.7. The molecule has 78 valence electrons. The molecule has 0 saturated carbocycles. The molecule has 0 fully saturated rings. The van der Waals surface area contributed by atoms with Crippen LogP contribution in [0.3, 0.4) is 0 Å². The van der Waals surface area contributed by atoms with E-state index in [1.807, 2.05) is 0 Å². The van der Waals surface area contributed by atoms with E-state index in [1.165, 1.54) is 12.1 Å². The van der Waals surface area contributed by atoms with Crippen molar-refractivity contribution in [1.82, 2.24) is 0 Å². The molecule has 0 unspecified atom stereocenters. The molecule has 1 aromatic carbocycles. The number of carbonyl (C=O) groups is 1. The van der Waals surface area contributed by atoms with E-state index in [9.17, 15) is 4.79 Å². The standard InChI is InChI=1S/C9H3BrCl3NO/c10-2-1-8(15)14-9-6(12)3-5(11)4-7(9)13/h3-4H,(H,14,15). The van der Waals surface area contributed by atoms with Crippen LogP contribution in [0.25, 0.3) is 0 Å². The Kier molecular flexibility index (Phi) is 4.75. The average Bonchev–Trinajstić information content (AvgIpc) is 2.11. The number of rotatable bonds is 1. The lowest BCUT2D eigenvalue weighted by molar-refractivity contribution is -0.111. The molecule has 0 atom stereocenters. The molecule has 2 nitrogen and oxygen atoms in total. The fourth-order valence-corrected chi connectivity index (χ4v) is 1.94. The van der Waals surface area contributed by atoms with Crippen molar-refractivity contribution < 1.29 is 4.79 Å². The molecule has 6 heteroatoms. The Labute approximate surface area is 110 Å². The van der Waals surface area contributed by atoms with Crippen molar-refractivity contribution >= 4 is 62.3 Å². The summed E-state index contributed by atoms with van der Waals surface area (Å²) in [5.74, 6) is 1.71. The van der Waals surface area contributed by atoms with Gasteiger partial charge in [0.2, 0.25) is 0 Å². The molecule has 0 saturated heterocycles. The molecule has 0 aliphatic heterocycles. The molecular weight excluding hydrogens is 324 g/mol. The number of benzene rings is 1. The Morgan fingerprint density at radius 2 is 1.80 bits per heavy atom. The lowest BCUT2D eigenvalue weighted by atomic mass is 10.3. The van der Waals surface area contributed by atoms with Gasteiger partial charge in [0.1, 0.15) is 0 Å². The van der Waals surface area contributed by atoms with Gasteiger partial charge in [-0.1, -0.05) is 34.8 Å². The van der Waals surface area contributed by atoms with Crippen LogP contribution in [-0.4, -0.2) is 5.91 Å². The predicted molar refractivity (Wildman–Crippen MR) is 66.8 cm³/mol. The van der Waals surface area contributed by atoms with E-state index >= 15 is 0 Å². The van der Waals surface area contributed by atoms with E-state index in [4.69, 9.17) is 34.8 Å². The van der Waals surface area contributed by atoms with Crippen LogP contribution in [0.15, 0.2) is 12.1 Å². The first-order valence-corrected chi connectivity index (χ1v) is 5.54. The minimum absolute atomic E-state index is 0.261. The first-order chi connectivity index (χ1) is 7.04. The molecule has 0 radical (unpaired) electrons. The first-order valence-electron chi connectivity index (χ1n) is 3.61.